The lowest BCUT2D eigenvalue weighted by Crippen LogP contribution is -2.25. The van der Waals surface area contributed by atoms with Crippen molar-refractivity contribution in [3.8, 4) is 0 Å². The molecule has 0 aliphatic carbocycles. The van der Waals surface area contributed by atoms with Crippen molar-refractivity contribution in [3.05, 3.63) is 57.2 Å². The van der Waals surface area contributed by atoms with E-state index in [0.29, 0.717) is 10.8 Å². The fourth-order valence-electron chi connectivity index (χ4n) is 2.25. The van der Waals surface area contributed by atoms with Gasteiger partial charge in [-0.15, -0.1) is 0 Å². The third-order valence-corrected chi connectivity index (χ3v) is 3.96. The van der Waals surface area contributed by atoms with Crippen molar-refractivity contribution in [3.63, 3.8) is 0 Å². The lowest BCUT2D eigenvalue weighted by Gasteiger charge is -2.20. The summed E-state index contributed by atoms with van der Waals surface area (Å²) in [5.41, 5.74) is 8.21. The Balaban J connectivity index is 2.27. The number of nitrogens with one attached hydrogen (secondary N) is 1. The smallest absolute Gasteiger partial charge is 0.128 e. The molecule has 3 nitrogen and oxygen atoms in total. The summed E-state index contributed by atoms with van der Waals surface area (Å²) in [5.74, 6) is 0.531. The molecule has 0 spiro atoms. The van der Waals surface area contributed by atoms with E-state index in [1.165, 1.54) is 5.56 Å². The molecule has 1 unspecified atom stereocenters. The third-order valence-electron chi connectivity index (χ3n) is 3.26. The van der Waals surface area contributed by atoms with Crippen LogP contribution in [0.25, 0.3) is 0 Å². The summed E-state index contributed by atoms with van der Waals surface area (Å²) in [4.78, 5) is 4.16. The van der Waals surface area contributed by atoms with Gasteiger partial charge in [0.05, 0.1) is 5.02 Å². The summed E-state index contributed by atoms with van der Waals surface area (Å²) < 4.78 is 1.08. The van der Waals surface area contributed by atoms with Crippen molar-refractivity contribution in [2.75, 3.05) is 12.3 Å². The fourth-order valence-corrected chi connectivity index (χ4v) is 2.87. The van der Waals surface area contributed by atoms with E-state index in [1.54, 1.807) is 6.20 Å². The predicted octanol–water partition coefficient (Wildman–Crippen LogP) is 4.36. The topological polar surface area (TPSA) is 50.9 Å². The molecular formula is C16H19BrClN3. The van der Waals surface area contributed by atoms with Gasteiger partial charge in [-0.2, -0.15) is 0 Å². The van der Waals surface area contributed by atoms with Gasteiger partial charge in [-0.3, -0.25) is 0 Å². The third kappa shape index (κ3) is 4.70. The number of pyridine rings is 1. The van der Waals surface area contributed by atoms with Crippen LogP contribution in [0.2, 0.25) is 5.02 Å². The molecule has 1 aromatic carbocycles. The maximum Gasteiger partial charge on any atom is 0.128 e. The zero-order valence-corrected chi connectivity index (χ0v) is 14.3. The first kappa shape index (κ1) is 16.3. The van der Waals surface area contributed by atoms with Crippen molar-refractivity contribution in [2.24, 2.45) is 0 Å². The molecule has 112 valence electrons. The number of nitrogen functional groups attached to an aromatic ring is 1. The second kappa shape index (κ2) is 7.78. The van der Waals surface area contributed by atoms with Gasteiger partial charge < -0.3 is 11.1 Å². The van der Waals surface area contributed by atoms with E-state index < -0.39 is 0 Å². The Morgan fingerprint density at radius 1 is 1.38 bits per heavy atom. The molecule has 5 heteroatoms. The monoisotopic (exact) mass is 367 g/mol. The molecule has 0 aliphatic rings. The van der Waals surface area contributed by atoms with Gasteiger partial charge in [-0.05, 0) is 43.1 Å². The largest absolute Gasteiger partial charge is 0.383 e. The van der Waals surface area contributed by atoms with Crippen molar-refractivity contribution in [1.82, 2.24) is 10.3 Å². The molecule has 0 fully saturated rings. The second-order valence-corrected chi connectivity index (χ2v) is 6.32. The molecule has 2 rings (SSSR count). The van der Waals surface area contributed by atoms with Crippen molar-refractivity contribution >= 4 is 33.3 Å². The molecular weight excluding hydrogens is 350 g/mol. The van der Waals surface area contributed by atoms with Crippen LogP contribution in [0, 0.1) is 0 Å². The Kier molecular flexibility index (Phi) is 6.03. The zero-order chi connectivity index (χ0) is 15.2. The van der Waals surface area contributed by atoms with Crippen molar-refractivity contribution in [1.29, 1.82) is 0 Å². The average Bonchev–Trinajstić information content (AvgIpc) is 2.46. The summed E-state index contributed by atoms with van der Waals surface area (Å²) in [5, 5.41) is 4.14. The molecule has 1 heterocycles. The first-order chi connectivity index (χ1) is 10.1. The highest BCUT2D eigenvalue weighted by Gasteiger charge is 2.16. The van der Waals surface area contributed by atoms with Crippen LogP contribution in [0.1, 0.15) is 30.5 Å². The van der Waals surface area contributed by atoms with Gasteiger partial charge in [-0.25, -0.2) is 4.98 Å². The maximum atomic E-state index is 6.07. The molecule has 3 N–H and O–H groups in total. The molecule has 1 aromatic heterocycles. The molecule has 0 radical (unpaired) electrons. The molecule has 0 aliphatic heterocycles. The molecule has 0 saturated heterocycles. The summed E-state index contributed by atoms with van der Waals surface area (Å²) in [7, 11) is 0. The minimum Gasteiger partial charge on any atom is -0.383 e. The van der Waals surface area contributed by atoms with E-state index in [0.717, 1.165) is 29.4 Å². The number of nitrogens with two attached hydrogens (primary N) is 1. The van der Waals surface area contributed by atoms with Gasteiger partial charge >= 0.3 is 0 Å². The van der Waals surface area contributed by atoms with Crippen LogP contribution >= 0.6 is 27.5 Å². The highest BCUT2D eigenvalue weighted by molar-refractivity contribution is 9.10. The standard InChI is InChI=1S/C16H19BrClN3/c1-2-6-20-15(8-11-4-3-5-12(17)7-11)14-9-13(18)10-21-16(14)19/h3-5,7,9-10,15,20H,2,6,8H2,1H3,(H2,19,21). The Hall–Kier alpha value is -1.10. The Labute approximate surface area is 139 Å². The zero-order valence-electron chi connectivity index (χ0n) is 11.9. The van der Waals surface area contributed by atoms with Gasteiger partial charge in [0.2, 0.25) is 0 Å². The van der Waals surface area contributed by atoms with E-state index >= 15 is 0 Å². The van der Waals surface area contributed by atoms with Gasteiger partial charge in [0.25, 0.3) is 0 Å². The highest BCUT2D eigenvalue weighted by atomic mass is 79.9. The number of benzene rings is 1. The first-order valence-corrected chi connectivity index (χ1v) is 8.16. The number of nitrogens with zero attached hydrogens (tertiary/aromatic N) is 1. The number of halogens is 2. The second-order valence-electron chi connectivity index (χ2n) is 4.97. The van der Waals surface area contributed by atoms with E-state index in [4.69, 9.17) is 17.3 Å². The molecule has 0 bridgehead atoms. The maximum absolute atomic E-state index is 6.07. The number of hydrogen-bond donors (Lipinski definition) is 2. The molecule has 21 heavy (non-hydrogen) atoms. The number of rotatable bonds is 6. The predicted molar refractivity (Wildman–Crippen MR) is 92.5 cm³/mol. The van der Waals surface area contributed by atoms with Gasteiger partial charge in [0.15, 0.2) is 0 Å². The minimum atomic E-state index is 0.102. The summed E-state index contributed by atoms with van der Waals surface area (Å²) in [6.45, 7) is 3.06. The van der Waals surface area contributed by atoms with E-state index in [-0.39, 0.29) is 6.04 Å². The lowest BCUT2D eigenvalue weighted by molar-refractivity contribution is 0.529. The Morgan fingerprint density at radius 3 is 2.90 bits per heavy atom. The normalized spacial score (nSPS) is 12.3. The molecule has 0 saturated carbocycles. The number of hydrogen-bond acceptors (Lipinski definition) is 3. The summed E-state index contributed by atoms with van der Waals surface area (Å²) in [6, 6.07) is 10.3. The fraction of sp³-hybridized carbons (Fsp3) is 0.312. The Bertz CT molecular complexity index is 604. The summed E-state index contributed by atoms with van der Waals surface area (Å²) in [6.07, 6.45) is 3.48. The van der Waals surface area contributed by atoms with Crippen LogP contribution in [-0.4, -0.2) is 11.5 Å². The van der Waals surface area contributed by atoms with Crippen molar-refractivity contribution in [2.45, 2.75) is 25.8 Å². The summed E-state index contributed by atoms with van der Waals surface area (Å²) >= 11 is 9.58. The van der Waals surface area contributed by atoms with Crippen LogP contribution in [0.5, 0.6) is 0 Å². The van der Waals surface area contributed by atoms with Gasteiger partial charge in [0.1, 0.15) is 5.82 Å². The van der Waals surface area contributed by atoms with Crippen LogP contribution in [-0.2, 0) is 6.42 Å². The highest BCUT2D eigenvalue weighted by Crippen LogP contribution is 2.26. The van der Waals surface area contributed by atoms with Gasteiger partial charge in [0, 0.05) is 22.3 Å². The number of anilines is 1. The molecule has 2 aromatic rings. The average molecular weight is 369 g/mol. The number of aromatic nitrogens is 1. The van der Waals surface area contributed by atoms with E-state index in [9.17, 15) is 0 Å². The van der Waals surface area contributed by atoms with Crippen LogP contribution in [0.4, 0.5) is 5.82 Å². The Morgan fingerprint density at radius 2 is 2.19 bits per heavy atom. The van der Waals surface area contributed by atoms with Crippen LogP contribution in [0.3, 0.4) is 0 Å². The SMILES string of the molecule is CCCNC(Cc1cccc(Br)c1)c1cc(Cl)cnc1N. The van der Waals surface area contributed by atoms with Crippen molar-refractivity contribution < 1.29 is 0 Å². The first-order valence-electron chi connectivity index (χ1n) is 6.99. The molecule has 1 atom stereocenters. The van der Waals surface area contributed by atoms with Crippen LogP contribution in [0.15, 0.2) is 41.0 Å². The molecule has 0 amide bonds. The quantitative estimate of drug-likeness (QED) is 0.796. The van der Waals surface area contributed by atoms with E-state index in [2.05, 4.69) is 45.3 Å². The lowest BCUT2D eigenvalue weighted by atomic mass is 9.99. The van der Waals surface area contributed by atoms with Gasteiger partial charge in [-0.1, -0.05) is 46.6 Å². The van der Waals surface area contributed by atoms with E-state index in [1.807, 2.05) is 18.2 Å². The minimum absolute atomic E-state index is 0.102. The van der Waals surface area contributed by atoms with Crippen LogP contribution < -0.4 is 11.1 Å².